The van der Waals surface area contributed by atoms with Crippen molar-refractivity contribution < 1.29 is 41.2 Å². The zero-order chi connectivity index (χ0) is 10.4. The van der Waals surface area contributed by atoms with Crippen molar-refractivity contribution in [1.82, 2.24) is 0 Å². The van der Waals surface area contributed by atoms with Gasteiger partial charge in [-0.3, -0.25) is 0 Å². The summed E-state index contributed by atoms with van der Waals surface area (Å²) in [6.07, 6.45) is 5.36. The Morgan fingerprint density at radius 3 is 2.20 bits per heavy atom. The molecule has 0 aliphatic heterocycles. The number of hydrogen-bond donors (Lipinski definition) is 2. The third-order valence-electron chi connectivity index (χ3n) is 2.41. The molecule has 0 bridgehead atoms. The molecule has 0 saturated carbocycles. The first kappa shape index (κ1) is 14.8. The van der Waals surface area contributed by atoms with Gasteiger partial charge < -0.3 is 11.6 Å². The molecule has 1 rings (SSSR count). The second-order valence-electron chi connectivity index (χ2n) is 3.59. The Labute approximate surface area is 115 Å². The van der Waals surface area contributed by atoms with Crippen LogP contribution in [0.3, 0.4) is 0 Å². The molecule has 80 valence electrons. The second kappa shape index (κ2) is 8.03. The van der Waals surface area contributed by atoms with Crippen LogP contribution in [-0.4, -0.2) is 10.2 Å². The predicted octanol–water partition coefficient (Wildman–Crippen LogP) is 0.337. The molecule has 0 spiro atoms. The molecule has 2 nitrogen and oxygen atoms in total. The van der Waals surface area contributed by atoms with Gasteiger partial charge >= 0.3 is 29.6 Å². The third kappa shape index (κ3) is 4.92. The van der Waals surface area contributed by atoms with Gasteiger partial charge in [-0.1, -0.05) is 32.3 Å². The van der Waals surface area contributed by atoms with Crippen molar-refractivity contribution in [3.8, 4) is 11.5 Å². The monoisotopic (exact) mass is 218 g/mol. The number of rotatable bonds is 5. The van der Waals surface area contributed by atoms with E-state index in [9.17, 15) is 10.2 Å². The van der Waals surface area contributed by atoms with Crippen molar-refractivity contribution in [1.29, 1.82) is 0 Å². The molecule has 0 saturated heterocycles. The Morgan fingerprint density at radius 1 is 1.07 bits per heavy atom. The number of benzene rings is 1. The van der Waals surface area contributed by atoms with Crippen LogP contribution in [0.25, 0.3) is 0 Å². The van der Waals surface area contributed by atoms with E-state index in [4.69, 9.17) is 0 Å². The molecule has 0 radical (unpaired) electrons. The van der Waals surface area contributed by atoms with Gasteiger partial charge in [0.25, 0.3) is 0 Å². The maximum Gasteiger partial charge on any atom is 1.00 e. The Kier molecular flexibility index (Phi) is 7.93. The Bertz CT molecular complexity index is 272. The van der Waals surface area contributed by atoms with Crippen molar-refractivity contribution in [3.63, 3.8) is 0 Å². The van der Waals surface area contributed by atoms with E-state index < -0.39 is 0 Å². The summed E-state index contributed by atoms with van der Waals surface area (Å²) in [5.41, 5.74) is 0.684. The number of hydrogen-bond acceptors (Lipinski definition) is 2. The summed E-state index contributed by atoms with van der Waals surface area (Å²) in [6.45, 7) is 2.16. The molecule has 2 N–H and O–H groups in total. The Hall–Kier alpha value is -0.180. The predicted molar refractivity (Wildman–Crippen MR) is 58.7 cm³/mol. The number of phenolic OH excluding ortho intramolecular Hbond substituents is 2. The average molecular weight is 218 g/mol. The van der Waals surface area contributed by atoms with Crippen molar-refractivity contribution in [2.75, 3.05) is 0 Å². The summed E-state index contributed by atoms with van der Waals surface area (Å²) >= 11 is 0. The zero-order valence-electron chi connectivity index (χ0n) is 10.7. The summed E-state index contributed by atoms with van der Waals surface area (Å²) in [5.74, 6) is 0.419. The fourth-order valence-electron chi connectivity index (χ4n) is 1.55. The molecule has 0 unspecified atom stereocenters. The smallest absolute Gasteiger partial charge is 1.00 e. The van der Waals surface area contributed by atoms with Crippen LogP contribution in [0.2, 0.25) is 0 Å². The van der Waals surface area contributed by atoms with E-state index in [0.29, 0.717) is 5.56 Å². The van der Waals surface area contributed by atoms with Gasteiger partial charge in [0, 0.05) is 5.56 Å². The zero-order valence-corrected chi connectivity index (χ0v) is 11.7. The molecule has 0 aliphatic carbocycles. The van der Waals surface area contributed by atoms with Crippen LogP contribution in [-0.2, 0) is 6.42 Å². The minimum atomic E-state index is 0. The van der Waals surface area contributed by atoms with E-state index in [-0.39, 0.29) is 42.5 Å². The topological polar surface area (TPSA) is 40.5 Å². The first-order valence-electron chi connectivity index (χ1n) is 5.25. The standard InChI is InChI=1S/C12H18O2.Na.H/c1-2-3-4-5-7-10-11(13)8-6-9-12(10)14;;/h6,8-9,13-14H,2-5,7H2,1H3;;/q;+1;-1. The van der Waals surface area contributed by atoms with Crippen LogP contribution in [0.15, 0.2) is 18.2 Å². The van der Waals surface area contributed by atoms with Gasteiger partial charge in [-0.25, -0.2) is 0 Å². The largest absolute Gasteiger partial charge is 1.00 e. The van der Waals surface area contributed by atoms with Crippen LogP contribution in [0.5, 0.6) is 11.5 Å². The maximum absolute atomic E-state index is 9.49. The molecule has 15 heavy (non-hydrogen) atoms. The van der Waals surface area contributed by atoms with E-state index in [0.717, 1.165) is 19.3 Å². The van der Waals surface area contributed by atoms with Gasteiger partial charge in [-0.2, -0.15) is 0 Å². The summed E-state index contributed by atoms with van der Waals surface area (Å²) in [6, 6.07) is 4.89. The van der Waals surface area contributed by atoms with Crippen LogP contribution in [0.1, 0.15) is 39.6 Å². The van der Waals surface area contributed by atoms with Crippen LogP contribution >= 0.6 is 0 Å². The molecule has 0 fully saturated rings. The molecule has 0 amide bonds. The Balaban J connectivity index is 0. The number of aromatic hydroxyl groups is 2. The fourth-order valence-corrected chi connectivity index (χ4v) is 1.55. The van der Waals surface area contributed by atoms with E-state index in [1.807, 2.05) is 0 Å². The van der Waals surface area contributed by atoms with Crippen molar-refractivity contribution >= 4 is 0 Å². The summed E-state index contributed by atoms with van der Waals surface area (Å²) in [5, 5.41) is 19.0. The molecule has 0 aliphatic rings. The van der Waals surface area contributed by atoms with Gasteiger partial charge in [0.1, 0.15) is 11.5 Å². The Morgan fingerprint density at radius 2 is 1.67 bits per heavy atom. The molecule has 0 aromatic heterocycles. The van der Waals surface area contributed by atoms with E-state index >= 15 is 0 Å². The maximum atomic E-state index is 9.49. The minimum Gasteiger partial charge on any atom is -1.00 e. The second-order valence-corrected chi connectivity index (χ2v) is 3.59. The summed E-state index contributed by atoms with van der Waals surface area (Å²) in [7, 11) is 0. The molecule has 1 aromatic carbocycles. The minimum absolute atomic E-state index is 0. The molecule has 0 atom stereocenters. The summed E-state index contributed by atoms with van der Waals surface area (Å²) < 4.78 is 0. The van der Waals surface area contributed by atoms with Crippen molar-refractivity contribution in [2.45, 2.75) is 39.0 Å². The van der Waals surface area contributed by atoms with Gasteiger partial charge in [-0.05, 0) is 25.0 Å². The van der Waals surface area contributed by atoms with Crippen LogP contribution < -0.4 is 29.6 Å². The van der Waals surface area contributed by atoms with E-state index in [1.54, 1.807) is 18.2 Å². The molecule has 3 heteroatoms. The molecular formula is C12H19NaO2. The summed E-state index contributed by atoms with van der Waals surface area (Å²) in [4.78, 5) is 0. The first-order chi connectivity index (χ1) is 6.75. The quantitative estimate of drug-likeness (QED) is 0.552. The van der Waals surface area contributed by atoms with E-state index in [1.165, 1.54) is 12.8 Å². The van der Waals surface area contributed by atoms with E-state index in [2.05, 4.69) is 6.92 Å². The van der Waals surface area contributed by atoms with Crippen molar-refractivity contribution in [3.05, 3.63) is 23.8 Å². The first-order valence-corrected chi connectivity index (χ1v) is 5.25. The normalized spacial score (nSPS) is 9.67. The fraction of sp³-hybridized carbons (Fsp3) is 0.500. The third-order valence-corrected chi connectivity index (χ3v) is 2.41. The number of unbranched alkanes of at least 4 members (excludes halogenated alkanes) is 3. The van der Waals surface area contributed by atoms with Gasteiger partial charge in [0.2, 0.25) is 0 Å². The van der Waals surface area contributed by atoms with Gasteiger partial charge in [0.15, 0.2) is 0 Å². The average Bonchev–Trinajstić information content (AvgIpc) is 2.16. The van der Waals surface area contributed by atoms with Gasteiger partial charge in [-0.15, -0.1) is 0 Å². The van der Waals surface area contributed by atoms with Crippen molar-refractivity contribution in [2.24, 2.45) is 0 Å². The van der Waals surface area contributed by atoms with Gasteiger partial charge in [0.05, 0.1) is 0 Å². The molecule has 1 aromatic rings. The molecule has 0 heterocycles. The van der Waals surface area contributed by atoms with Crippen LogP contribution in [0, 0.1) is 0 Å². The van der Waals surface area contributed by atoms with Crippen LogP contribution in [0.4, 0.5) is 0 Å². The number of phenols is 2. The SMILES string of the molecule is CCCCCCc1c(O)cccc1O.[H-].[Na+]. The molecular weight excluding hydrogens is 199 g/mol.